The summed E-state index contributed by atoms with van der Waals surface area (Å²) >= 11 is 0. The number of Topliss-reactive ketones (excluding diaryl/α,β-unsaturated/α-hetero) is 1. The third-order valence-corrected chi connectivity index (χ3v) is 7.18. The van der Waals surface area contributed by atoms with Crippen molar-refractivity contribution in [3.8, 4) is 22.5 Å². The standard InChI is InChI=1S/C33H32N4O4/c1-4-9-30-34-29(5-2)28(19-23-10-8-11-25(18-23)21(3)38)32(39)37(30)20-22-14-16-24(17-15-22)26-12-6-7-13-27(26)31-35-33(40)41-36-31/h6-8,10-18H,4-5,9,19-20H2,1-3H3,(H,35,36,40). The van der Waals surface area contributed by atoms with Crippen LogP contribution < -0.4 is 11.3 Å². The van der Waals surface area contributed by atoms with Crippen molar-refractivity contribution >= 4 is 5.78 Å². The van der Waals surface area contributed by atoms with Gasteiger partial charge in [0.1, 0.15) is 5.82 Å². The number of benzene rings is 3. The lowest BCUT2D eigenvalue weighted by Gasteiger charge is -2.17. The Labute approximate surface area is 237 Å². The summed E-state index contributed by atoms with van der Waals surface area (Å²) < 4.78 is 6.49. The summed E-state index contributed by atoms with van der Waals surface area (Å²) in [6.07, 6.45) is 2.64. The number of aromatic amines is 1. The minimum Gasteiger partial charge on any atom is -0.296 e. The molecule has 0 radical (unpaired) electrons. The van der Waals surface area contributed by atoms with Crippen LogP contribution >= 0.6 is 0 Å². The van der Waals surface area contributed by atoms with Crippen molar-refractivity contribution in [2.24, 2.45) is 0 Å². The van der Waals surface area contributed by atoms with Crippen LogP contribution in [0.2, 0.25) is 0 Å². The van der Waals surface area contributed by atoms with Crippen LogP contribution in [0.4, 0.5) is 0 Å². The summed E-state index contributed by atoms with van der Waals surface area (Å²) in [5.74, 6) is 0.540. The second kappa shape index (κ2) is 12.1. The summed E-state index contributed by atoms with van der Waals surface area (Å²) in [6.45, 7) is 6.04. The highest BCUT2D eigenvalue weighted by Gasteiger charge is 2.17. The molecule has 0 amide bonds. The van der Waals surface area contributed by atoms with Crippen molar-refractivity contribution in [1.29, 1.82) is 0 Å². The molecule has 41 heavy (non-hydrogen) atoms. The van der Waals surface area contributed by atoms with Crippen LogP contribution in [0, 0.1) is 0 Å². The van der Waals surface area contributed by atoms with E-state index in [1.54, 1.807) is 17.6 Å². The van der Waals surface area contributed by atoms with E-state index >= 15 is 0 Å². The number of hydrogen-bond acceptors (Lipinski definition) is 6. The highest BCUT2D eigenvalue weighted by atomic mass is 16.5. The van der Waals surface area contributed by atoms with Crippen LogP contribution in [0.3, 0.4) is 0 Å². The Bertz CT molecular complexity index is 1810. The molecule has 8 nitrogen and oxygen atoms in total. The molecule has 208 valence electrons. The molecule has 0 fully saturated rings. The molecular formula is C33H32N4O4. The molecular weight excluding hydrogens is 516 g/mol. The van der Waals surface area contributed by atoms with Crippen molar-refractivity contribution in [2.45, 2.75) is 53.0 Å². The van der Waals surface area contributed by atoms with Gasteiger partial charge in [0.2, 0.25) is 0 Å². The number of carbonyl (C=O) groups is 1. The number of rotatable bonds is 10. The fraction of sp³-hybridized carbons (Fsp3) is 0.242. The predicted molar refractivity (Wildman–Crippen MR) is 158 cm³/mol. The third kappa shape index (κ3) is 6.01. The summed E-state index contributed by atoms with van der Waals surface area (Å²) in [7, 11) is 0. The van der Waals surface area contributed by atoms with Crippen molar-refractivity contribution in [3.63, 3.8) is 0 Å². The smallest absolute Gasteiger partial charge is 0.296 e. The van der Waals surface area contributed by atoms with Gasteiger partial charge in [-0.1, -0.05) is 85.7 Å². The highest BCUT2D eigenvalue weighted by Crippen LogP contribution is 2.30. The van der Waals surface area contributed by atoms with Gasteiger partial charge in [-0.2, -0.15) is 0 Å². The number of nitrogens with one attached hydrogen (secondary N) is 1. The van der Waals surface area contributed by atoms with Crippen molar-refractivity contribution in [3.05, 3.63) is 127 Å². The number of hydrogen-bond donors (Lipinski definition) is 1. The minimum absolute atomic E-state index is 0.00298. The number of carbonyl (C=O) groups excluding carboxylic acids is 1. The van der Waals surface area contributed by atoms with Crippen molar-refractivity contribution in [2.75, 3.05) is 0 Å². The molecule has 2 heterocycles. The summed E-state index contributed by atoms with van der Waals surface area (Å²) in [5, 5.41) is 3.84. The normalized spacial score (nSPS) is 11.1. The van der Waals surface area contributed by atoms with Gasteiger partial charge in [-0.05, 0) is 48.1 Å². The average molecular weight is 549 g/mol. The van der Waals surface area contributed by atoms with Gasteiger partial charge in [-0.3, -0.25) is 23.7 Å². The molecule has 5 aromatic rings. The van der Waals surface area contributed by atoms with Gasteiger partial charge in [-0.25, -0.2) is 9.78 Å². The molecule has 0 spiro atoms. The Hall–Kier alpha value is -4.85. The predicted octanol–water partition coefficient (Wildman–Crippen LogP) is 5.61. The van der Waals surface area contributed by atoms with Crippen LogP contribution in [0.5, 0.6) is 0 Å². The fourth-order valence-electron chi connectivity index (χ4n) is 5.10. The largest absolute Gasteiger partial charge is 0.439 e. The van der Waals surface area contributed by atoms with E-state index in [0.29, 0.717) is 42.8 Å². The lowest BCUT2D eigenvalue weighted by molar-refractivity contribution is 0.101. The van der Waals surface area contributed by atoms with Crippen LogP contribution in [-0.4, -0.2) is 25.5 Å². The molecule has 0 aliphatic carbocycles. The summed E-state index contributed by atoms with van der Waals surface area (Å²) in [4.78, 5) is 45.0. The van der Waals surface area contributed by atoms with E-state index < -0.39 is 5.76 Å². The Kier molecular flexibility index (Phi) is 8.19. The zero-order valence-corrected chi connectivity index (χ0v) is 23.4. The molecule has 3 aromatic carbocycles. The Morgan fingerprint density at radius 1 is 0.927 bits per heavy atom. The van der Waals surface area contributed by atoms with E-state index in [1.165, 1.54) is 0 Å². The molecule has 0 saturated heterocycles. The van der Waals surface area contributed by atoms with Gasteiger partial charge in [0, 0.05) is 29.5 Å². The first kappa shape index (κ1) is 27.7. The quantitative estimate of drug-likeness (QED) is 0.227. The number of aryl methyl sites for hydroxylation is 2. The summed E-state index contributed by atoms with van der Waals surface area (Å²) in [5.41, 5.74) is 6.54. The minimum atomic E-state index is -0.605. The van der Waals surface area contributed by atoms with E-state index in [-0.39, 0.29) is 11.3 Å². The number of aromatic nitrogens is 4. The highest BCUT2D eigenvalue weighted by molar-refractivity contribution is 5.94. The molecule has 0 saturated carbocycles. The van der Waals surface area contributed by atoms with Gasteiger partial charge < -0.3 is 0 Å². The third-order valence-electron chi connectivity index (χ3n) is 7.18. The Balaban J connectivity index is 1.49. The van der Waals surface area contributed by atoms with Gasteiger partial charge in [0.25, 0.3) is 5.56 Å². The second-order valence-electron chi connectivity index (χ2n) is 10.1. The number of ketones is 1. The van der Waals surface area contributed by atoms with Gasteiger partial charge in [0.15, 0.2) is 11.6 Å². The molecule has 8 heteroatoms. The van der Waals surface area contributed by atoms with E-state index in [2.05, 4.69) is 17.1 Å². The average Bonchev–Trinajstić information content (AvgIpc) is 3.43. The topological polar surface area (TPSA) is 111 Å². The van der Waals surface area contributed by atoms with E-state index in [0.717, 1.165) is 45.8 Å². The number of nitrogens with zero attached hydrogens (tertiary/aromatic N) is 3. The zero-order chi connectivity index (χ0) is 28.9. The maximum absolute atomic E-state index is 14.0. The van der Waals surface area contributed by atoms with Crippen molar-refractivity contribution in [1.82, 2.24) is 19.7 Å². The Morgan fingerprint density at radius 2 is 1.68 bits per heavy atom. The van der Waals surface area contributed by atoms with Crippen LogP contribution in [0.15, 0.2) is 86.9 Å². The molecule has 5 rings (SSSR count). The SMILES string of the molecule is CCCc1nc(CC)c(Cc2cccc(C(C)=O)c2)c(=O)n1Cc1ccc(-c2ccccc2-c2noc(=O)[nH]2)cc1. The number of H-pyrrole nitrogens is 1. The fourth-order valence-corrected chi connectivity index (χ4v) is 5.10. The van der Waals surface area contributed by atoms with Gasteiger partial charge >= 0.3 is 5.76 Å². The van der Waals surface area contributed by atoms with Gasteiger partial charge in [-0.15, -0.1) is 0 Å². The monoisotopic (exact) mass is 548 g/mol. The maximum Gasteiger partial charge on any atom is 0.439 e. The molecule has 1 N–H and O–H groups in total. The molecule has 2 aromatic heterocycles. The first-order valence-corrected chi connectivity index (χ1v) is 13.8. The first-order chi connectivity index (χ1) is 19.9. The van der Waals surface area contributed by atoms with Gasteiger partial charge in [0.05, 0.1) is 12.2 Å². The van der Waals surface area contributed by atoms with E-state index in [9.17, 15) is 14.4 Å². The molecule has 0 bridgehead atoms. The molecule has 0 atom stereocenters. The lowest BCUT2D eigenvalue weighted by Crippen LogP contribution is -2.31. The summed E-state index contributed by atoms with van der Waals surface area (Å²) in [6, 6.07) is 23.1. The van der Waals surface area contributed by atoms with Crippen LogP contribution in [-0.2, 0) is 25.8 Å². The zero-order valence-electron chi connectivity index (χ0n) is 23.4. The second-order valence-corrected chi connectivity index (χ2v) is 10.1. The maximum atomic E-state index is 14.0. The lowest BCUT2D eigenvalue weighted by atomic mass is 9.98. The van der Waals surface area contributed by atoms with Crippen LogP contribution in [0.1, 0.15) is 65.8 Å². The molecule has 0 aliphatic heterocycles. The Morgan fingerprint density at radius 3 is 2.34 bits per heavy atom. The van der Waals surface area contributed by atoms with Crippen LogP contribution in [0.25, 0.3) is 22.5 Å². The molecule has 0 unspecified atom stereocenters. The first-order valence-electron chi connectivity index (χ1n) is 13.8. The molecule has 0 aliphatic rings. The van der Waals surface area contributed by atoms with E-state index in [1.807, 2.05) is 73.7 Å². The van der Waals surface area contributed by atoms with E-state index in [4.69, 9.17) is 9.51 Å². The van der Waals surface area contributed by atoms with Crippen molar-refractivity contribution < 1.29 is 9.32 Å².